The summed E-state index contributed by atoms with van der Waals surface area (Å²) in [4.78, 5) is 23.4. The van der Waals surface area contributed by atoms with Gasteiger partial charge < -0.3 is 14.2 Å². The normalized spacial score (nSPS) is 10.3. The van der Waals surface area contributed by atoms with Crippen molar-refractivity contribution in [3.05, 3.63) is 60.2 Å². The Kier molecular flexibility index (Phi) is 9.62. The van der Waals surface area contributed by atoms with Gasteiger partial charge in [0.2, 0.25) is 0 Å². The van der Waals surface area contributed by atoms with Gasteiger partial charge in [-0.05, 0) is 42.7 Å². The van der Waals surface area contributed by atoms with Crippen LogP contribution in [0.15, 0.2) is 54.6 Å². The molecular formula is C23H28O5. The number of ether oxygens (including phenoxy) is 3. The smallest absolute Gasteiger partial charge is 0.306 e. The molecular weight excluding hydrogens is 356 g/mol. The van der Waals surface area contributed by atoms with Crippen molar-refractivity contribution in [1.82, 2.24) is 0 Å². The minimum absolute atomic E-state index is 0.173. The maximum Gasteiger partial charge on any atom is 0.306 e. The minimum atomic E-state index is -0.326. The Bertz CT molecular complexity index is 727. The SMILES string of the molecule is CCCCCOC(=O)CCCC(=O)OCc1cccc(Oc2ccccc2)c1. The zero-order chi connectivity index (χ0) is 20.0. The van der Waals surface area contributed by atoms with Crippen LogP contribution in [0, 0.1) is 0 Å². The molecule has 2 aromatic carbocycles. The lowest BCUT2D eigenvalue weighted by atomic mass is 10.2. The molecule has 0 aliphatic carbocycles. The molecule has 0 aliphatic heterocycles. The van der Waals surface area contributed by atoms with Crippen molar-refractivity contribution in [1.29, 1.82) is 0 Å². The Morgan fingerprint density at radius 3 is 2.25 bits per heavy atom. The fraction of sp³-hybridized carbons (Fsp3) is 0.391. The first-order valence-electron chi connectivity index (χ1n) is 9.80. The van der Waals surface area contributed by atoms with Crippen LogP contribution in [0.4, 0.5) is 0 Å². The number of unbranched alkanes of at least 4 members (excludes halogenated alkanes) is 2. The summed E-state index contributed by atoms with van der Waals surface area (Å²) in [6, 6.07) is 16.9. The van der Waals surface area contributed by atoms with Gasteiger partial charge in [0.1, 0.15) is 18.1 Å². The molecule has 0 bridgehead atoms. The van der Waals surface area contributed by atoms with Gasteiger partial charge in [-0.25, -0.2) is 0 Å². The molecule has 0 saturated carbocycles. The van der Waals surface area contributed by atoms with E-state index in [0.717, 1.165) is 30.6 Å². The lowest BCUT2D eigenvalue weighted by Crippen LogP contribution is -2.08. The van der Waals surface area contributed by atoms with Gasteiger partial charge in [0.25, 0.3) is 0 Å². The van der Waals surface area contributed by atoms with Crippen LogP contribution in [-0.2, 0) is 25.7 Å². The maximum absolute atomic E-state index is 11.9. The second-order valence-corrected chi connectivity index (χ2v) is 6.50. The second kappa shape index (κ2) is 12.5. The molecule has 0 amide bonds. The number of rotatable bonds is 12. The van der Waals surface area contributed by atoms with Crippen LogP contribution < -0.4 is 4.74 Å². The molecule has 28 heavy (non-hydrogen) atoms. The second-order valence-electron chi connectivity index (χ2n) is 6.50. The molecule has 0 saturated heterocycles. The number of hydrogen-bond donors (Lipinski definition) is 0. The Morgan fingerprint density at radius 1 is 0.786 bits per heavy atom. The van der Waals surface area contributed by atoms with Crippen molar-refractivity contribution in [3.8, 4) is 11.5 Å². The van der Waals surface area contributed by atoms with Crippen molar-refractivity contribution in [2.24, 2.45) is 0 Å². The van der Waals surface area contributed by atoms with Crippen LogP contribution in [0.3, 0.4) is 0 Å². The molecule has 0 heterocycles. The summed E-state index contributed by atoms with van der Waals surface area (Å²) >= 11 is 0. The van der Waals surface area contributed by atoms with Crippen LogP contribution in [0.2, 0.25) is 0 Å². The van der Waals surface area contributed by atoms with Gasteiger partial charge in [0, 0.05) is 12.8 Å². The molecule has 0 spiro atoms. The van der Waals surface area contributed by atoms with Crippen LogP contribution >= 0.6 is 0 Å². The van der Waals surface area contributed by atoms with E-state index >= 15 is 0 Å². The fourth-order valence-corrected chi connectivity index (χ4v) is 2.55. The largest absolute Gasteiger partial charge is 0.466 e. The number of esters is 2. The highest BCUT2D eigenvalue weighted by Crippen LogP contribution is 2.22. The number of para-hydroxylation sites is 1. The molecule has 0 radical (unpaired) electrons. The van der Waals surface area contributed by atoms with E-state index in [1.165, 1.54) is 0 Å². The first kappa shape index (κ1) is 21.5. The van der Waals surface area contributed by atoms with Crippen LogP contribution in [-0.4, -0.2) is 18.5 Å². The van der Waals surface area contributed by atoms with E-state index in [9.17, 15) is 9.59 Å². The van der Waals surface area contributed by atoms with Gasteiger partial charge >= 0.3 is 11.9 Å². The number of carbonyl (C=O) groups is 2. The monoisotopic (exact) mass is 384 g/mol. The van der Waals surface area contributed by atoms with E-state index in [4.69, 9.17) is 14.2 Å². The zero-order valence-electron chi connectivity index (χ0n) is 16.4. The van der Waals surface area contributed by atoms with E-state index in [1.807, 2.05) is 54.6 Å². The van der Waals surface area contributed by atoms with E-state index in [0.29, 0.717) is 18.8 Å². The standard InChI is InChI=1S/C23H28O5/c1-2-3-7-16-26-22(24)14-9-15-23(25)27-18-19-10-8-13-21(17-19)28-20-11-5-4-6-12-20/h4-6,8,10-13,17H,2-3,7,9,14-16,18H2,1H3. The van der Waals surface area contributed by atoms with Gasteiger partial charge in [-0.2, -0.15) is 0 Å². The predicted octanol–water partition coefficient (Wildman–Crippen LogP) is 5.43. The molecule has 0 aromatic heterocycles. The molecule has 5 heteroatoms. The van der Waals surface area contributed by atoms with Crippen molar-refractivity contribution in [2.75, 3.05) is 6.61 Å². The average Bonchev–Trinajstić information content (AvgIpc) is 2.71. The summed E-state index contributed by atoms with van der Waals surface area (Å²) in [5.74, 6) is 0.853. The summed E-state index contributed by atoms with van der Waals surface area (Å²) in [5, 5.41) is 0. The zero-order valence-corrected chi connectivity index (χ0v) is 16.4. The van der Waals surface area contributed by atoms with Crippen molar-refractivity contribution < 1.29 is 23.8 Å². The molecule has 0 fully saturated rings. The average molecular weight is 384 g/mol. The van der Waals surface area contributed by atoms with Crippen molar-refractivity contribution >= 4 is 11.9 Å². The third-order valence-electron chi connectivity index (χ3n) is 4.05. The Hall–Kier alpha value is -2.82. The van der Waals surface area contributed by atoms with Gasteiger partial charge in [0.15, 0.2) is 0 Å². The quantitative estimate of drug-likeness (QED) is 0.361. The van der Waals surface area contributed by atoms with Gasteiger partial charge in [0.05, 0.1) is 6.61 Å². The van der Waals surface area contributed by atoms with Crippen LogP contribution in [0.25, 0.3) is 0 Å². The third kappa shape index (κ3) is 8.71. The molecule has 0 N–H and O–H groups in total. The van der Waals surface area contributed by atoms with Crippen molar-refractivity contribution in [3.63, 3.8) is 0 Å². The predicted molar refractivity (Wildman–Crippen MR) is 107 cm³/mol. The van der Waals surface area contributed by atoms with Gasteiger partial charge in [-0.1, -0.05) is 50.1 Å². The molecule has 0 atom stereocenters. The van der Waals surface area contributed by atoms with Gasteiger partial charge in [-0.15, -0.1) is 0 Å². The highest BCUT2D eigenvalue weighted by Gasteiger charge is 2.08. The number of carbonyl (C=O) groups excluding carboxylic acids is 2. The van der Waals surface area contributed by atoms with Crippen LogP contribution in [0.1, 0.15) is 51.0 Å². The molecule has 0 aliphatic rings. The summed E-state index contributed by atoms with van der Waals surface area (Å²) in [5.41, 5.74) is 0.845. The first-order chi connectivity index (χ1) is 13.7. The van der Waals surface area contributed by atoms with E-state index in [-0.39, 0.29) is 31.4 Å². The molecule has 2 rings (SSSR count). The summed E-state index contributed by atoms with van der Waals surface area (Å²) in [7, 11) is 0. The molecule has 150 valence electrons. The minimum Gasteiger partial charge on any atom is -0.466 e. The maximum atomic E-state index is 11.9. The number of hydrogen-bond acceptors (Lipinski definition) is 5. The summed E-state index contributed by atoms with van der Waals surface area (Å²) in [6.45, 7) is 2.73. The lowest BCUT2D eigenvalue weighted by Gasteiger charge is -2.08. The Morgan fingerprint density at radius 2 is 1.50 bits per heavy atom. The third-order valence-corrected chi connectivity index (χ3v) is 4.05. The first-order valence-corrected chi connectivity index (χ1v) is 9.80. The lowest BCUT2D eigenvalue weighted by molar-refractivity contribution is -0.146. The summed E-state index contributed by atoms with van der Waals surface area (Å²) < 4.78 is 16.2. The highest BCUT2D eigenvalue weighted by molar-refractivity contribution is 5.72. The Labute approximate surface area is 166 Å². The van der Waals surface area contributed by atoms with Gasteiger partial charge in [-0.3, -0.25) is 9.59 Å². The van der Waals surface area contributed by atoms with E-state index in [2.05, 4.69) is 6.92 Å². The van der Waals surface area contributed by atoms with Crippen LogP contribution in [0.5, 0.6) is 11.5 Å². The molecule has 5 nitrogen and oxygen atoms in total. The summed E-state index contributed by atoms with van der Waals surface area (Å²) in [6.07, 6.45) is 3.90. The fourth-order valence-electron chi connectivity index (χ4n) is 2.55. The Balaban J connectivity index is 1.66. The number of benzene rings is 2. The highest BCUT2D eigenvalue weighted by atomic mass is 16.5. The van der Waals surface area contributed by atoms with Crippen molar-refractivity contribution in [2.45, 2.75) is 52.1 Å². The van der Waals surface area contributed by atoms with E-state index in [1.54, 1.807) is 0 Å². The van der Waals surface area contributed by atoms with E-state index < -0.39 is 0 Å². The molecule has 0 unspecified atom stereocenters. The molecule has 2 aromatic rings. The topological polar surface area (TPSA) is 61.8 Å².